The molecule has 2 fully saturated rings. The lowest BCUT2D eigenvalue weighted by atomic mass is 9.51. The van der Waals surface area contributed by atoms with Crippen LogP contribution in [0.15, 0.2) is 66.7 Å². The Labute approximate surface area is 261 Å². The molecule has 5 atom stereocenters. The average molecular weight is 617 g/mol. The third kappa shape index (κ3) is 4.81. The number of rotatable bonds is 10. The topological polar surface area (TPSA) is 79.3 Å². The van der Waals surface area contributed by atoms with Crippen molar-refractivity contribution in [1.29, 1.82) is 0 Å². The van der Waals surface area contributed by atoms with Crippen LogP contribution in [-0.4, -0.2) is 67.7 Å². The van der Waals surface area contributed by atoms with Gasteiger partial charge in [0.1, 0.15) is 11.9 Å². The molecule has 1 saturated carbocycles. The predicted octanol–water partition coefficient (Wildman–Crippen LogP) is 5.54. The number of nitrogens with zero attached hydrogens (tertiary/aromatic N) is 2. The van der Waals surface area contributed by atoms with E-state index in [-0.39, 0.29) is 41.0 Å². The molecule has 2 heterocycles. The minimum absolute atomic E-state index is 0.0294. The van der Waals surface area contributed by atoms with Crippen molar-refractivity contribution in [3.8, 4) is 17.2 Å². The van der Waals surface area contributed by atoms with Gasteiger partial charge in [0, 0.05) is 41.7 Å². The van der Waals surface area contributed by atoms with Gasteiger partial charge < -0.3 is 14.6 Å². The summed E-state index contributed by atoms with van der Waals surface area (Å²) in [5, 5.41) is 11.4. The van der Waals surface area contributed by atoms with Crippen LogP contribution in [0.2, 0.25) is 0 Å². The Hall–Kier alpha value is -3.07. The molecule has 2 aliphatic heterocycles. The zero-order valence-electron chi connectivity index (χ0n) is 26.0. The summed E-state index contributed by atoms with van der Waals surface area (Å²) >= 11 is 0. The number of benzene rings is 3. The van der Waals surface area contributed by atoms with Gasteiger partial charge in [-0.05, 0) is 61.6 Å². The van der Waals surface area contributed by atoms with E-state index in [1.807, 2.05) is 30.3 Å². The van der Waals surface area contributed by atoms with Crippen LogP contribution in [0.25, 0.3) is 0 Å². The molecule has 1 saturated heterocycles. The number of ether oxygens (including phenoxy) is 2. The van der Waals surface area contributed by atoms with Crippen LogP contribution in [0.1, 0.15) is 55.4 Å². The molecule has 0 radical (unpaired) electrons. The molecule has 4 aliphatic rings. The fourth-order valence-corrected chi connectivity index (χ4v) is 10.9. The highest BCUT2D eigenvalue weighted by atomic mass is 32.2. The average Bonchev–Trinajstić information content (AvgIpc) is 3.35. The van der Waals surface area contributed by atoms with Gasteiger partial charge in [0.05, 0.1) is 18.9 Å². The molecule has 1 N–H and O–H groups in total. The van der Waals surface area contributed by atoms with E-state index in [1.165, 1.54) is 5.56 Å². The zero-order chi connectivity index (χ0) is 30.6. The molecule has 0 amide bonds. The lowest BCUT2D eigenvalue weighted by Crippen LogP contribution is -2.69. The van der Waals surface area contributed by atoms with Crippen LogP contribution in [0.5, 0.6) is 17.2 Å². The summed E-state index contributed by atoms with van der Waals surface area (Å²) in [5.41, 5.74) is 3.79. The Morgan fingerprint density at radius 2 is 1.77 bits per heavy atom. The maximum Gasteiger partial charge on any atom is 0.218 e. The first kappa shape index (κ1) is 29.6. The molecule has 0 unspecified atom stereocenters. The van der Waals surface area contributed by atoms with Gasteiger partial charge in [-0.25, -0.2) is 8.42 Å². The molecule has 2 bridgehead atoms. The Kier molecular flexibility index (Phi) is 7.66. The lowest BCUT2D eigenvalue weighted by Gasteiger charge is -2.60. The monoisotopic (exact) mass is 616 g/mol. The fourth-order valence-electron chi connectivity index (χ4n) is 8.98. The number of sulfonamides is 1. The summed E-state index contributed by atoms with van der Waals surface area (Å²) in [5.74, 6) is 1.95. The molecule has 44 heavy (non-hydrogen) atoms. The summed E-state index contributed by atoms with van der Waals surface area (Å²) in [4.78, 5) is 2.63. The highest BCUT2D eigenvalue weighted by Gasteiger charge is 2.67. The highest BCUT2D eigenvalue weighted by Crippen LogP contribution is 2.65. The number of likely N-dealkylation sites (tertiary alicyclic amines) is 1. The van der Waals surface area contributed by atoms with Gasteiger partial charge in [-0.1, -0.05) is 74.5 Å². The molecule has 7 rings (SSSR count). The van der Waals surface area contributed by atoms with Gasteiger partial charge in [-0.2, -0.15) is 4.31 Å². The number of phenolic OH excluding ortho intramolecular Hbond substituents is 1. The third-order valence-electron chi connectivity index (χ3n) is 10.7. The SMILES string of the molecule is COc1cc(O)c2c3c1O[C@H]1[C@@H](N(CC(C)C)S(=O)(=O)Cc4ccccc4)CC[C@H]4[C@@H](C2)N(CCc2ccccc2)CC[C@@]341. The van der Waals surface area contributed by atoms with Crippen molar-refractivity contribution in [3.05, 3.63) is 89.0 Å². The first-order valence-corrected chi connectivity index (χ1v) is 17.7. The Balaban J connectivity index is 1.29. The smallest absolute Gasteiger partial charge is 0.218 e. The van der Waals surface area contributed by atoms with Crippen molar-refractivity contribution in [2.45, 2.75) is 75.3 Å². The Morgan fingerprint density at radius 3 is 2.45 bits per heavy atom. The number of methoxy groups -OCH3 is 1. The quantitative estimate of drug-likeness (QED) is 0.322. The van der Waals surface area contributed by atoms with Gasteiger partial charge in [-0.3, -0.25) is 4.90 Å². The molecular formula is C36H44N2O5S. The molecule has 0 aromatic heterocycles. The van der Waals surface area contributed by atoms with Gasteiger partial charge in [0.2, 0.25) is 10.0 Å². The van der Waals surface area contributed by atoms with Crippen molar-refractivity contribution in [1.82, 2.24) is 9.21 Å². The van der Waals surface area contributed by atoms with Crippen LogP contribution in [0.3, 0.4) is 0 Å². The predicted molar refractivity (Wildman–Crippen MR) is 172 cm³/mol. The second-order valence-electron chi connectivity index (χ2n) is 13.6. The van der Waals surface area contributed by atoms with Crippen molar-refractivity contribution >= 4 is 10.0 Å². The number of aromatic hydroxyl groups is 1. The Bertz CT molecular complexity index is 1610. The van der Waals surface area contributed by atoms with E-state index in [1.54, 1.807) is 17.5 Å². The van der Waals surface area contributed by atoms with E-state index in [4.69, 9.17) is 9.47 Å². The lowest BCUT2D eigenvalue weighted by molar-refractivity contribution is -0.0772. The summed E-state index contributed by atoms with van der Waals surface area (Å²) in [6, 6.07) is 21.8. The second kappa shape index (κ2) is 11.4. The van der Waals surface area contributed by atoms with Gasteiger partial charge in [0.15, 0.2) is 11.5 Å². The summed E-state index contributed by atoms with van der Waals surface area (Å²) in [7, 11) is -2.03. The van der Waals surface area contributed by atoms with E-state index in [9.17, 15) is 13.5 Å². The van der Waals surface area contributed by atoms with Crippen molar-refractivity contribution in [3.63, 3.8) is 0 Å². The number of hydrogen-bond donors (Lipinski definition) is 1. The standard InChI is InChI=1S/C36H44N2O5S/c1-24(2)22-38(44(40,41)23-26-12-8-5-9-13-26)29-15-14-28-30-20-27-31(39)21-32(42-3)34-33(27)36(28,35(29)43-34)17-19-37(30)18-16-25-10-6-4-7-11-25/h4-13,21,24,28-30,35,39H,14-20,22-23H2,1-3H3/t28-,29-,30+,35-,36-/m0/s1. The summed E-state index contributed by atoms with van der Waals surface area (Å²) in [6.07, 6.45) is 3.94. The van der Waals surface area contributed by atoms with E-state index in [0.717, 1.165) is 61.9 Å². The van der Waals surface area contributed by atoms with Crippen molar-refractivity contribution in [2.75, 3.05) is 26.7 Å². The summed E-state index contributed by atoms with van der Waals surface area (Å²) in [6.45, 7) is 6.48. The van der Waals surface area contributed by atoms with Crippen molar-refractivity contribution in [2.24, 2.45) is 11.8 Å². The van der Waals surface area contributed by atoms with E-state index >= 15 is 0 Å². The Morgan fingerprint density at radius 1 is 1.07 bits per heavy atom. The zero-order valence-corrected chi connectivity index (χ0v) is 26.8. The van der Waals surface area contributed by atoms with E-state index in [0.29, 0.717) is 24.0 Å². The molecule has 1 spiro atoms. The van der Waals surface area contributed by atoms with E-state index < -0.39 is 10.0 Å². The maximum atomic E-state index is 14.3. The second-order valence-corrected chi connectivity index (χ2v) is 15.5. The normalized spacial score (nSPS) is 27.3. The maximum absolute atomic E-state index is 14.3. The summed E-state index contributed by atoms with van der Waals surface area (Å²) < 4.78 is 43.1. The minimum Gasteiger partial charge on any atom is -0.508 e. The van der Waals surface area contributed by atoms with Crippen LogP contribution >= 0.6 is 0 Å². The molecule has 3 aromatic rings. The highest BCUT2D eigenvalue weighted by molar-refractivity contribution is 7.88. The number of phenols is 1. The molecule has 234 valence electrons. The largest absolute Gasteiger partial charge is 0.508 e. The van der Waals surface area contributed by atoms with Crippen LogP contribution in [-0.2, 0) is 34.0 Å². The minimum atomic E-state index is -3.65. The first-order chi connectivity index (χ1) is 21.2. The van der Waals surface area contributed by atoms with Crippen LogP contribution in [0.4, 0.5) is 0 Å². The molecule has 3 aromatic carbocycles. The molecule has 2 aliphatic carbocycles. The molecule has 7 nitrogen and oxygen atoms in total. The number of piperidine rings is 1. The number of hydrogen-bond acceptors (Lipinski definition) is 6. The van der Waals surface area contributed by atoms with Gasteiger partial charge in [-0.15, -0.1) is 0 Å². The molecule has 8 heteroatoms. The fraction of sp³-hybridized carbons (Fsp3) is 0.500. The van der Waals surface area contributed by atoms with Gasteiger partial charge >= 0.3 is 0 Å². The van der Waals surface area contributed by atoms with Crippen LogP contribution < -0.4 is 9.47 Å². The van der Waals surface area contributed by atoms with Crippen LogP contribution in [0, 0.1) is 11.8 Å². The molecular weight excluding hydrogens is 572 g/mol. The van der Waals surface area contributed by atoms with Gasteiger partial charge in [0.25, 0.3) is 0 Å². The first-order valence-electron chi connectivity index (χ1n) is 16.1. The van der Waals surface area contributed by atoms with Crippen molar-refractivity contribution < 1.29 is 23.0 Å². The van der Waals surface area contributed by atoms with E-state index in [2.05, 4.69) is 49.1 Å². The third-order valence-corrected chi connectivity index (χ3v) is 12.5.